The Morgan fingerprint density at radius 1 is 1.04 bits per heavy atom. The van der Waals surface area contributed by atoms with Gasteiger partial charge in [-0.2, -0.15) is 0 Å². The number of rotatable bonds is 4. The van der Waals surface area contributed by atoms with Crippen LogP contribution < -0.4 is 5.32 Å². The van der Waals surface area contributed by atoms with E-state index in [-0.39, 0.29) is 12.2 Å². The monoisotopic (exact) mass is 381 g/mol. The summed E-state index contributed by atoms with van der Waals surface area (Å²) in [6.45, 7) is 16.4. The Morgan fingerprint density at radius 3 is 2.04 bits per heavy atom. The van der Waals surface area contributed by atoms with E-state index in [2.05, 4.69) is 5.32 Å². The van der Waals surface area contributed by atoms with Crippen molar-refractivity contribution in [2.75, 3.05) is 0 Å². The first-order valence-electron chi connectivity index (χ1n) is 9.28. The Morgan fingerprint density at radius 2 is 1.56 bits per heavy atom. The highest BCUT2D eigenvalue weighted by atomic mass is 16.6. The second kappa shape index (κ2) is 10.2. The maximum Gasteiger partial charge on any atom is 0.408 e. The van der Waals surface area contributed by atoms with Gasteiger partial charge < -0.3 is 19.9 Å². The van der Waals surface area contributed by atoms with E-state index in [1.165, 1.54) is 0 Å². The van der Waals surface area contributed by atoms with Crippen molar-refractivity contribution >= 4 is 12.1 Å². The number of carbonyl (C=O) groups excluding carboxylic acids is 2. The molecular formula is C21H35NO5. The molecule has 0 bridgehead atoms. The fourth-order valence-corrected chi connectivity index (χ4v) is 2.11. The third-order valence-corrected chi connectivity index (χ3v) is 3.14. The van der Waals surface area contributed by atoms with Crippen LogP contribution in [0.2, 0.25) is 0 Å². The molecule has 6 heteroatoms. The van der Waals surface area contributed by atoms with Crippen molar-refractivity contribution in [2.45, 2.75) is 86.0 Å². The van der Waals surface area contributed by atoms with Gasteiger partial charge in [-0.15, -0.1) is 0 Å². The van der Waals surface area contributed by atoms with Crippen LogP contribution >= 0.6 is 0 Å². The molecule has 0 fully saturated rings. The number of phenols is 1. The van der Waals surface area contributed by atoms with E-state index in [0.717, 1.165) is 11.1 Å². The third-order valence-electron chi connectivity index (χ3n) is 3.14. The lowest BCUT2D eigenvalue weighted by Crippen LogP contribution is -2.47. The van der Waals surface area contributed by atoms with Gasteiger partial charge in [0.15, 0.2) is 0 Å². The number of benzene rings is 1. The summed E-state index contributed by atoms with van der Waals surface area (Å²) >= 11 is 0. The number of hydrogen-bond donors (Lipinski definition) is 2. The number of hydrogen-bond acceptors (Lipinski definition) is 5. The molecule has 1 amide bonds. The van der Waals surface area contributed by atoms with E-state index in [1.54, 1.807) is 59.7 Å². The quantitative estimate of drug-likeness (QED) is 0.750. The zero-order chi connectivity index (χ0) is 21.4. The molecule has 1 atom stereocenters. The number of alkyl carbamates (subject to hydrolysis) is 1. The van der Waals surface area contributed by atoms with Crippen molar-refractivity contribution in [1.29, 1.82) is 0 Å². The fourth-order valence-electron chi connectivity index (χ4n) is 2.11. The van der Waals surface area contributed by atoms with Crippen LogP contribution in [-0.4, -0.2) is 34.4 Å². The molecule has 0 aliphatic carbocycles. The normalized spacial score (nSPS) is 12.3. The molecule has 2 N–H and O–H groups in total. The third kappa shape index (κ3) is 10.5. The van der Waals surface area contributed by atoms with Crippen LogP contribution in [0.15, 0.2) is 18.2 Å². The molecular weight excluding hydrogens is 346 g/mol. The number of amides is 1. The van der Waals surface area contributed by atoms with E-state index in [1.807, 2.05) is 20.8 Å². The maximum atomic E-state index is 12.5. The van der Waals surface area contributed by atoms with Gasteiger partial charge in [-0.05, 0) is 71.7 Å². The highest BCUT2D eigenvalue weighted by Crippen LogP contribution is 2.19. The van der Waals surface area contributed by atoms with Crippen molar-refractivity contribution in [1.82, 2.24) is 5.32 Å². The van der Waals surface area contributed by atoms with Gasteiger partial charge in [-0.3, -0.25) is 0 Å². The van der Waals surface area contributed by atoms with Crippen molar-refractivity contribution in [2.24, 2.45) is 0 Å². The number of aryl methyl sites for hydroxylation is 1. The van der Waals surface area contributed by atoms with Crippen molar-refractivity contribution in [3.05, 3.63) is 29.3 Å². The standard InChI is InChI=1S/C19H29NO5.C2H6/c1-12-8-9-14(21)10-13(12)11-15(16(22)24-18(2,3)4)20-17(23)25-19(5,6)7;1-2/h8-10,15,21H,11H2,1-7H3,(H,20,23);1-2H3. The summed E-state index contributed by atoms with van der Waals surface area (Å²) in [5.74, 6) is -0.457. The van der Waals surface area contributed by atoms with E-state index >= 15 is 0 Å². The highest BCUT2D eigenvalue weighted by Gasteiger charge is 2.29. The van der Waals surface area contributed by atoms with E-state index in [0.29, 0.717) is 0 Å². The fraction of sp³-hybridized carbons (Fsp3) is 0.619. The number of ether oxygens (including phenoxy) is 2. The molecule has 0 aliphatic heterocycles. The molecule has 0 radical (unpaired) electrons. The van der Waals surface area contributed by atoms with Crippen molar-refractivity contribution < 1.29 is 24.2 Å². The molecule has 0 heterocycles. The lowest BCUT2D eigenvalue weighted by molar-refractivity contribution is -0.157. The molecule has 154 valence electrons. The van der Waals surface area contributed by atoms with Gasteiger partial charge in [-0.25, -0.2) is 9.59 Å². The van der Waals surface area contributed by atoms with Crippen molar-refractivity contribution in [3.8, 4) is 5.75 Å². The number of carbonyl (C=O) groups is 2. The molecule has 6 nitrogen and oxygen atoms in total. The largest absolute Gasteiger partial charge is 0.508 e. The van der Waals surface area contributed by atoms with Crippen LogP contribution in [-0.2, 0) is 20.7 Å². The van der Waals surface area contributed by atoms with Gasteiger partial charge >= 0.3 is 12.1 Å². The van der Waals surface area contributed by atoms with Gasteiger partial charge in [0, 0.05) is 6.42 Å². The van der Waals surface area contributed by atoms with Gasteiger partial charge in [0.1, 0.15) is 23.0 Å². The van der Waals surface area contributed by atoms with Crippen LogP contribution in [0.3, 0.4) is 0 Å². The van der Waals surface area contributed by atoms with Crippen LogP contribution in [0.5, 0.6) is 5.75 Å². The first-order valence-corrected chi connectivity index (χ1v) is 9.28. The predicted molar refractivity (Wildman–Crippen MR) is 107 cm³/mol. The minimum Gasteiger partial charge on any atom is -0.508 e. The molecule has 0 aliphatic rings. The van der Waals surface area contributed by atoms with E-state index in [4.69, 9.17) is 9.47 Å². The molecule has 1 rings (SSSR count). The number of esters is 1. The Labute approximate surface area is 163 Å². The molecule has 0 aromatic heterocycles. The summed E-state index contributed by atoms with van der Waals surface area (Å²) in [6, 6.07) is 3.98. The molecule has 27 heavy (non-hydrogen) atoms. The highest BCUT2D eigenvalue weighted by molar-refractivity contribution is 5.82. The van der Waals surface area contributed by atoms with Gasteiger partial charge in [0.25, 0.3) is 0 Å². The number of phenolic OH excluding ortho intramolecular Hbond substituents is 1. The maximum absolute atomic E-state index is 12.5. The van der Waals surface area contributed by atoms with Crippen LogP contribution in [0.4, 0.5) is 4.79 Å². The Kier molecular flexibility index (Phi) is 9.34. The number of aromatic hydroxyl groups is 1. The first kappa shape index (κ1) is 24.8. The second-order valence-corrected chi connectivity index (χ2v) is 8.05. The summed E-state index contributed by atoms with van der Waals surface area (Å²) in [5.41, 5.74) is 0.284. The Bertz CT molecular complexity index is 626. The average Bonchev–Trinajstić information content (AvgIpc) is 2.48. The van der Waals surface area contributed by atoms with Crippen molar-refractivity contribution in [3.63, 3.8) is 0 Å². The topological polar surface area (TPSA) is 84.9 Å². The summed E-state index contributed by atoms with van der Waals surface area (Å²) in [6.07, 6.45) is -0.504. The van der Waals surface area contributed by atoms with Crippen LogP contribution in [0, 0.1) is 6.92 Å². The lowest BCUT2D eigenvalue weighted by Gasteiger charge is -2.26. The van der Waals surface area contributed by atoms with Crippen LogP contribution in [0.25, 0.3) is 0 Å². The molecule has 1 aromatic rings. The zero-order valence-corrected chi connectivity index (χ0v) is 18.1. The van der Waals surface area contributed by atoms with Gasteiger partial charge in [-0.1, -0.05) is 19.9 Å². The minimum atomic E-state index is -0.922. The Hall–Kier alpha value is -2.24. The molecule has 0 saturated heterocycles. The Balaban J connectivity index is 0.00000326. The van der Waals surface area contributed by atoms with E-state index < -0.39 is 29.3 Å². The first-order chi connectivity index (χ1) is 12.3. The van der Waals surface area contributed by atoms with Gasteiger partial charge in [0.2, 0.25) is 0 Å². The molecule has 1 unspecified atom stereocenters. The SMILES string of the molecule is CC.Cc1ccc(O)cc1CC(NC(=O)OC(C)(C)C)C(=O)OC(C)(C)C. The van der Waals surface area contributed by atoms with Crippen LogP contribution in [0.1, 0.15) is 66.5 Å². The second-order valence-electron chi connectivity index (χ2n) is 8.05. The summed E-state index contributed by atoms with van der Waals surface area (Å²) < 4.78 is 10.6. The summed E-state index contributed by atoms with van der Waals surface area (Å²) in [7, 11) is 0. The molecule has 1 aromatic carbocycles. The van der Waals surface area contributed by atoms with Gasteiger partial charge in [0.05, 0.1) is 0 Å². The predicted octanol–water partition coefficient (Wildman–Crippen LogP) is 4.50. The molecule has 0 spiro atoms. The molecule has 0 saturated carbocycles. The smallest absolute Gasteiger partial charge is 0.408 e. The average molecular weight is 382 g/mol. The lowest BCUT2D eigenvalue weighted by atomic mass is 10.0. The number of nitrogens with one attached hydrogen (secondary N) is 1. The summed E-state index contributed by atoms with van der Waals surface area (Å²) in [4.78, 5) is 24.6. The van der Waals surface area contributed by atoms with E-state index in [9.17, 15) is 14.7 Å². The zero-order valence-electron chi connectivity index (χ0n) is 18.1. The minimum absolute atomic E-state index is 0.0980. The summed E-state index contributed by atoms with van der Waals surface area (Å²) in [5, 5.41) is 12.3.